The summed E-state index contributed by atoms with van der Waals surface area (Å²) in [5.74, 6) is 0. The molecule has 7 aromatic rings. The van der Waals surface area contributed by atoms with Crippen molar-refractivity contribution in [3.63, 3.8) is 0 Å². The molecule has 0 bridgehead atoms. The summed E-state index contributed by atoms with van der Waals surface area (Å²) >= 11 is 0. The summed E-state index contributed by atoms with van der Waals surface area (Å²) in [5.41, 5.74) is -5.86. The van der Waals surface area contributed by atoms with Gasteiger partial charge in [-0.1, -0.05) is 60.7 Å². The van der Waals surface area contributed by atoms with Gasteiger partial charge in [-0.2, -0.15) is 26.3 Å². The second-order valence-corrected chi connectivity index (χ2v) is 11.0. The highest BCUT2D eigenvalue weighted by atomic mass is 19.4. The van der Waals surface area contributed by atoms with Crippen molar-refractivity contribution >= 4 is 43.1 Å². The molecule has 0 amide bonds. The quantitative estimate of drug-likeness (QED) is 0.167. The van der Waals surface area contributed by atoms with Crippen molar-refractivity contribution in [3.05, 3.63) is 149 Å². The summed E-state index contributed by atoms with van der Waals surface area (Å²) in [4.78, 5) is 53.2. The summed E-state index contributed by atoms with van der Waals surface area (Å²) < 4.78 is 90.6. The molecule has 0 aliphatic heterocycles. The van der Waals surface area contributed by atoms with E-state index in [1.165, 1.54) is 0 Å². The third-order valence-corrected chi connectivity index (χ3v) is 8.23. The Hall–Kier alpha value is -5.52. The number of nitrogens with zero attached hydrogens (tertiary/aromatic N) is 2. The van der Waals surface area contributed by atoms with Gasteiger partial charge >= 0.3 is 12.4 Å². The largest absolute Gasteiger partial charge is 0.417 e. The maximum Gasteiger partial charge on any atom is 0.417 e. The molecule has 0 aliphatic carbocycles. The average Bonchev–Trinajstić information content (AvgIpc) is 3.37. The molecule has 5 aromatic carbocycles. The van der Waals surface area contributed by atoms with E-state index in [2.05, 4.69) is 0 Å². The molecule has 0 atom stereocenters. The monoisotopic (exact) mass is 632 g/mol. The van der Waals surface area contributed by atoms with Crippen molar-refractivity contribution < 1.29 is 26.3 Å². The fraction of sp³-hybridized carbons (Fsp3) is 0.118. The van der Waals surface area contributed by atoms with Crippen molar-refractivity contribution in [1.82, 2.24) is 9.13 Å². The second-order valence-electron chi connectivity index (χ2n) is 11.0. The first-order valence-electron chi connectivity index (χ1n) is 13.8. The fourth-order valence-corrected chi connectivity index (χ4v) is 6.22. The first-order valence-corrected chi connectivity index (χ1v) is 13.8. The van der Waals surface area contributed by atoms with Crippen LogP contribution in [0.1, 0.15) is 22.3 Å². The van der Waals surface area contributed by atoms with Gasteiger partial charge in [-0.05, 0) is 56.9 Å². The van der Waals surface area contributed by atoms with E-state index < -0.39 is 88.8 Å². The van der Waals surface area contributed by atoms with Crippen molar-refractivity contribution in [2.75, 3.05) is 0 Å². The zero-order chi connectivity index (χ0) is 32.7. The average molecular weight is 633 g/mol. The lowest BCUT2D eigenvalue weighted by Gasteiger charge is -2.20. The van der Waals surface area contributed by atoms with Crippen LogP contribution < -0.4 is 22.2 Å². The summed E-state index contributed by atoms with van der Waals surface area (Å²) in [6.45, 7) is -0.500. The van der Waals surface area contributed by atoms with Gasteiger partial charge in [-0.3, -0.25) is 28.3 Å². The van der Waals surface area contributed by atoms with E-state index in [1.54, 1.807) is 60.7 Å². The third-order valence-electron chi connectivity index (χ3n) is 8.23. The smallest absolute Gasteiger partial charge is 0.270 e. The van der Waals surface area contributed by atoms with Crippen LogP contribution in [0.3, 0.4) is 0 Å². The SMILES string of the molecule is O=c1c2cc3c(C(F)(F)F)c4cc5c(=O)n(Cc6ccccc6)c(=O)c5cc4c(C(F)(F)F)c3cc2c(=O)n1Cc1ccccc1. The van der Waals surface area contributed by atoms with E-state index in [-0.39, 0.29) is 13.1 Å². The molecule has 2 aromatic heterocycles. The molecule has 6 nitrogen and oxygen atoms in total. The van der Waals surface area contributed by atoms with Crippen molar-refractivity contribution in [3.8, 4) is 0 Å². The molecular formula is C34H18F6N2O4. The Kier molecular flexibility index (Phi) is 6.35. The molecule has 0 spiro atoms. The molecule has 2 heterocycles. The number of aromatic nitrogens is 2. The van der Waals surface area contributed by atoms with Crippen LogP contribution in [0.15, 0.2) is 104 Å². The number of benzene rings is 5. The van der Waals surface area contributed by atoms with Crippen LogP contribution in [-0.2, 0) is 25.4 Å². The highest BCUT2D eigenvalue weighted by Crippen LogP contribution is 2.48. The Morgan fingerprint density at radius 2 is 0.674 bits per heavy atom. The van der Waals surface area contributed by atoms with E-state index in [9.17, 15) is 45.5 Å². The highest BCUT2D eigenvalue weighted by Gasteiger charge is 2.42. The molecule has 7 rings (SSSR count). The van der Waals surface area contributed by atoms with Crippen LogP contribution in [-0.4, -0.2) is 9.13 Å². The normalized spacial score (nSPS) is 12.7. The van der Waals surface area contributed by atoms with Gasteiger partial charge in [0.25, 0.3) is 22.2 Å². The van der Waals surface area contributed by atoms with Gasteiger partial charge in [0.2, 0.25) is 0 Å². The second kappa shape index (κ2) is 9.99. The lowest BCUT2D eigenvalue weighted by atomic mass is 9.89. The molecule has 0 N–H and O–H groups in total. The molecule has 230 valence electrons. The Morgan fingerprint density at radius 3 is 0.913 bits per heavy atom. The lowest BCUT2D eigenvalue weighted by molar-refractivity contribution is -0.137. The molecule has 0 saturated carbocycles. The first-order chi connectivity index (χ1) is 21.8. The van der Waals surface area contributed by atoms with Crippen LogP contribution >= 0.6 is 0 Å². The number of rotatable bonds is 4. The molecular weight excluding hydrogens is 614 g/mol. The lowest BCUT2D eigenvalue weighted by Crippen LogP contribution is -2.25. The van der Waals surface area contributed by atoms with Gasteiger partial charge < -0.3 is 0 Å². The highest BCUT2D eigenvalue weighted by molar-refractivity contribution is 6.13. The van der Waals surface area contributed by atoms with E-state index >= 15 is 0 Å². The molecule has 0 fully saturated rings. The van der Waals surface area contributed by atoms with Crippen LogP contribution in [0.4, 0.5) is 26.3 Å². The molecule has 0 radical (unpaired) electrons. The summed E-state index contributed by atoms with van der Waals surface area (Å²) in [6.07, 6.45) is -10.5. The number of fused-ring (bicyclic) bond motifs is 4. The van der Waals surface area contributed by atoms with Crippen LogP contribution in [0.25, 0.3) is 43.1 Å². The van der Waals surface area contributed by atoms with Crippen molar-refractivity contribution in [1.29, 1.82) is 0 Å². The molecule has 0 saturated heterocycles. The maximum atomic E-state index is 14.8. The van der Waals surface area contributed by atoms with E-state index in [0.717, 1.165) is 9.13 Å². The van der Waals surface area contributed by atoms with Gasteiger partial charge in [-0.15, -0.1) is 0 Å². The zero-order valence-corrected chi connectivity index (χ0v) is 23.3. The standard InChI is InChI=1S/C34H18F6N2O4/c35-33(36,37)27-19-11-23-24(30(44)41(29(23)43)15-17-7-3-1-4-8-17)12-20(19)28(34(38,39)40)22-14-26-25(13-21(22)27)31(45)42(32(26)46)16-18-9-5-2-6-10-18/h1-14H,15-16H2. The molecule has 0 unspecified atom stereocenters. The van der Waals surface area contributed by atoms with Gasteiger partial charge in [0.05, 0.1) is 45.8 Å². The fourth-order valence-electron chi connectivity index (χ4n) is 6.22. The van der Waals surface area contributed by atoms with Crippen LogP contribution in [0.2, 0.25) is 0 Å². The Labute approximate surface area is 252 Å². The summed E-state index contributed by atoms with van der Waals surface area (Å²) in [5, 5.41) is -5.78. The first kappa shape index (κ1) is 29.2. The van der Waals surface area contributed by atoms with E-state index in [0.29, 0.717) is 35.4 Å². The third kappa shape index (κ3) is 4.43. The van der Waals surface area contributed by atoms with Crippen molar-refractivity contribution in [2.24, 2.45) is 0 Å². The van der Waals surface area contributed by atoms with Gasteiger partial charge in [-0.25, -0.2) is 0 Å². The zero-order valence-electron chi connectivity index (χ0n) is 23.3. The molecule has 0 aliphatic rings. The van der Waals surface area contributed by atoms with Gasteiger partial charge in [0.15, 0.2) is 0 Å². The number of alkyl halides is 6. The Bertz CT molecular complexity index is 2280. The Morgan fingerprint density at radius 1 is 0.413 bits per heavy atom. The number of halogens is 6. The van der Waals surface area contributed by atoms with Gasteiger partial charge in [0, 0.05) is 0 Å². The topological polar surface area (TPSA) is 78.1 Å². The number of hydrogen-bond donors (Lipinski definition) is 0. The summed E-state index contributed by atoms with van der Waals surface area (Å²) in [6, 6.07) is 19.1. The summed E-state index contributed by atoms with van der Waals surface area (Å²) in [7, 11) is 0. The molecule has 12 heteroatoms. The minimum absolute atomic E-state index is 0.250. The maximum absolute atomic E-state index is 14.8. The van der Waals surface area contributed by atoms with Gasteiger partial charge in [0.1, 0.15) is 0 Å². The van der Waals surface area contributed by atoms with Crippen LogP contribution in [0, 0.1) is 0 Å². The predicted octanol–water partition coefficient (Wildman–Crippen LogP) is 6.35. The van der Waals surface area contributed by atoms with E-state index in [4.69, 9.17) is 0 Å². The van der Waals surface area contributed by atoms with Crippen LogP contribution in [0.5, 0.6) is 0 Å². The minimum Gasteiger partial charge on any atom is -0.270 e. The predicted molar refractivity (Wildman–Crippen MR) is 161 cm³/mol. The minimum atomic E-state index is -5.27. The Balaban J connectivity index is 1.61. The van der Waals surface area contributed by atoms with Crippen molar-refractivity contribution in [2.45, 2.75) is 25.4 Å². The number of hydrogen-bond acceptors (Lipinski definition) is 4. The van der Waals surface area contributed by atoms with E-state index in [1.807, 2.05) is 0 Å². The molecule has 46 heavy (non-hydrogen) atoms.